The number of fused-ring (bicyclic) bond motifs is 1. The third-order valence-corrected chi connectivity index (χ3v) is 6.82. The first-order chi connectivity index (χ1) is 16.0. The summed E-state index contributed by atoms with van der Waals surface area (Å²) in [6.07, 6.45) is 1.09. The van der Waals surface area contributed by atoms with Gasteiger partial charge in [0.15, 0.2) is 11.5 Å². The zero-order valence-electron chi connectivity index (χ0n) is 18.6. The summed E-state index contributed by atoms with van der Waals surface area (Å²) >= 11 is 1.19. The van der Waals surface area contributed by atoms with Crippen molar-refractivity contribution in [2.45, 2.75) is 25.7 Å². The molecule has 1 atom stereocenters. The predicted molar refractivity (Wildman–Crippen MR) is 127 cm³/mol. The average Bonchev–Trinajstić information content (AvgIpc) is 3.21. The Kier molecular flexibility index (Phi) is 6.55. The van der Waals surface area contributed by atoms with E-state index in [2.05, 4.69) is 5.32 Å². The summed E-state index contributed by atoms with van der Waals surface area (Å²) in [5.41, 5.74) is 2.63. The minimum absolute atomic E-state index is 0.165. The second kappa shape index (κ2) is 9.54. The van der Waals surface area contributed by atoms with Gasteiger partial charge in [-0.1, -0.05) is 25.1 Å². The van der Waals surface area contributed by atoms with E-state index in [0.29, 0.717) is 40.7 Å². The Bertz CT molecular complexity index is 1180. The maximum Gasteiger partial charge on any atom is 0.346 e. The zero-order valence-corrected chi connectivity index (χ0v) is 19.5. The molecule has 1 aliphatic heterocycles. The van der Waals surface area contributed by atoms with Gasteiger partial charge in [-0.15, -0.1) is 11.3 Å². The van der Waals surface area contributed by atoms with E-state index in [-0.39, 0.29) is 23.1 Å². The lowest BCUT2D eigenvalue weighted by atomic mass is 9.88. The second-order valence-corrected chi connectivity index (χ2v) is 8.69. The number of hydrogen-bond acceptors (Lipinski definition) is 6. The average molecular weight is 468 g/mol. The van der Waals surface area contributed by atoms with Crippen molar-refractivity contribution in [1.82, 2.24) is 0 Å². The fourth-order valence-electron chi connectivity index (χ4n) is 3.97. The highest BCUT2D eigenvalue weighted by Crippen LogP contribution is 2.50. The van der Waals surface area contributed by atoms with Gasteiger partial charge in [-0.05, 0) is 41.8 Å². The number of hydrogen-bond donors (Lipinski definition) is 2. The molecule has 0 unspecified atom stereocenters. The van der Waals surface area contributed by atoms with E-state index in [1.807, 2.05) is 25.1 Å². The van der Waals surface area contributed by atoms with Gasteiger partial charge in [0.2, 0.25) is 5.91 Å². The summed E-state index contributed by atoms with van der Waals surface area (Å²) in [6.45, 7) is 2.60. The molecule has 4 rings (SSSR count). The zero-order chi connectivity index (χ0) is 23.5. The summed E-state index contributed by atoms with van der Waals surface area (Å²) in [4.78, 5) is 25.8. The van der Waals surface area contributed by atoms with Gasteiger partial charge in [-0.3, -0.25) is 4.79 Å². The van der Waals surface area contributed by atoms with Gasteiger partial charge < -0.3 is 24.6 Å². The first-order valence-corrected chi connectivity index (χ1v) is 11.4. The van der Waals surface area contributed by atoms with Crippen molar-refractivity contribution in [2.24, 2.45) is 0 Å². The molecule has 1 aliphatic rings. The van der Waals surface area contributed by atoms with Gasteiger partial charge in [0.1, 0.15) is 10.6 Å². The number of nitrogens with one attached hydrogen (secondary N) is 1. The van der Waals surface area contributed by atoms with Crippen molar-refractivity contribution in [2.75, 3.05) is 26.1 Å². The summed E-state index contributed by atoms with van der Waals surface area (Å²) in [6, 6.07) is 12.8. The number of benzene rings is 2. The van der Waals surface area contributed by atoms with E-state index in [4.69, 9.17) is 14.2 Å². The smallest absolute Gasteiger partial charge is 0.346 e. The molecule has 2 heterocycles. The summed E-state index contributed by atoms with van der Waals surface area (Å²) in [7, 11) is 3.15. The van der Waals surface area contributed by atoms with Crippen molar-refractivity contribution in [3.8, 4) is 28.4 Å². The monoisotopic (exact) mass is 467 g/mol. The topological polar surface area (TPSA) is 94.1 Å². The number of thiophene rings is 1. The normalized spacial score (nSPS) is 14.9. The molecule has 8 heteroatoms. The van der Waals surface area contributed by atoms with Crippen LogP contribution in [-0.4, -0.2) is 37.8 Å². The fourth-order valence-corrected chi connectivity index (χ4v) is 5.22. The van der Waals surface area contributed by atoms with Gasteiger partial charge in [0.05, 0.1) is 26.5 Å². The molecule has 0 aliphatic carbocycles. The van der Waals surface area contributed by atoms with Crippen LogP contribution in [0.1, 0.15) is 45.8 Å². The minimum atomic E-state index is -1.03. The van der Waals surface area contributed by atoms with Crippen LogP contribution in [-0.2, 0) is 4.79 Å². The first-order valence-electron chi connectivity index (χ1n) is 10.6. The van der Waals surface area contributed by atoms with Crippen LogP contribution < -0.4 is 19.5 Å². The predicted octanol–water partition coefficient (Wildman–Crippen LogP) is 5.39. The van der Waals surface area contributed by atoms with E-state index < -0.39 is 5.97 Å². The van der Waals surface area contributed by atoms with Gasteiger partial charge in [-0.2, -0.15) is 0 Å². The van der Waals surface area contributed by atoms with Crippen LogP contribution in [0.25, 0.3) is 11.1 Å². The fraction of sp³-hybridized carbons (Fsp3) is 0.280. The number of amides is 1. The number of rotatable bonds is 8. The number of methoxy groups -OCH3 is 2. The quantitative estimate of drug-likeness (QED) is 0.461. The Morgan fingerprint density at radius 2 is 1.88 bits per heavy atom. The van der Waals surface area contributed by atoms with E-state index in [9.17, 15) is 14.7 Å². The van der Waals surface area contributed by atoms with Crippen molar-refractivity contribution >= 4 is 28.9 Å². The lowest BCUT2D eigenvalue weighted by molar-refractivity contribution is -0.116. The van der Waals surface area contributed by atoms with Crippen molar-refractivity contribution < 1.29 is 28.9 Å². The van der Waals surface area contributed by atoms with Crippen LogP contribution in [0.5, 0.6) is 17.2 Å². The molecule has 0 bridgehead atoms. The number of aromatic carboxylic acids is 1. The first kappa shape index (κ1) is 22.7. The molecule has 172 valence electrons. The summed E-state index contributed by atoms with van der Waals surface area (Å²) < 4.78 is 16.5. The van der Waals surface area contributed by atoms with Crippen LogP contribution in [0.4, 0.5) is 5.69 Å². The third-order valence-electron chi connectivity index (χ3n) is 5.53. The number of anilines is 1. The van der Waals surface area contributed by atoms with Crippen LogP contribution in [0.2, 0.25) is 0 Å². The summed E-state index contributed by atoms with van der Waals surface area (Å²) in [5, 5.41) is 12.9. The van der Waals surface area contributed by atoms with Crippen molar-refractivity contribution in [3.05, 3.63) is 57.8 Å². The number of carbonyl (C=O) groups excluding carboxylic acids is 1. The molecule has 1 aromatic heterocycles. The SMILES string of the molecule is CCCOc1ccc([C@H]2CC(=O)Nc3c2sc(C(=O)O)c3-c2ccc(OC)cc2)cc1OC. The molecule has 0 fully saturated rings. The largest absolute Gasteiger partial charge is 0.497 e. The molecule has 0 saturated heterocycles. The van der Waals surface area contributed by atoms with Crippen LogP contribution in [0.15, 0.2) is 42.5 Å². The molecule has 2 N–H and O–H groups in total. The molecular weight excluding hydrogens is 442 g/mol. The van der Waals surface area contributed by atoms with E-state index in [1.165, 1.54) is 11.3 Å². The van der Waals surface area contributed by atoms with Crippen LogP contribution in [0.3, 0.4) is 0 Å². The van der Waals surface area contributed by atoms with E-state index in [1.54, 1.807) is 38.5 Å². The molecule has 0 spiro atoms. The molecule has 33 heavy (non-hydrogen) atoms. The molecule has 0 saturated carbocycles. The molecule has 2 aromatic carbocycles. The molecule has 3 aromatic rings. The Labute approximate surface area is 195 Å². The van der Waals surface area contributed by atoms with Crippen LogP contribution in [0, 0.1) is 0 Å². The number of carbonyl (C=O) groups is 2. The molecular formula is C25H25NO6S. The van der Waals surface area contributed by atoms with Crippen molar-refractivity contribution in [3.63, 3.8) is 0 Å². The van der Waals surface area contributed by atoms with Gasteiger partial charge >= 0.3 is 5.97 Å². The second-order valence-electron chi connectivity index (χ2n) is 7.64. The number of carboxylic acids is 1. The maximum absolute atomic E-state index is 12.7. The number of ether oxygens (including phenoxy) is 3. The molecule has 7 nitrogen and oxygen atoms in total. The van der Waals surface area contributed by atoms with Crippen LogP contribution >= 0.6 is 11.3 Å². The number of carboxylic acid groups (broad SMARTS) is 1. The van der Waals surface area contributed by atoms with Gasteiger partial charge in [0.25, 0.3) is 0 Å². The lowest BCUT2D eigenvalue weighted by Gasteiger charge is -2.24. The van der Waals surface area contributed by atoms with Gasteiger partial charge in [-0.25, -0.2) is 4.79 Å². The highest BCUT2D eigenvalue weighted by molar-refractivity contribution is 7.15. The Balaban J connectivity index is 1.82. The van der Waals surface area contributed by atoms with Crippen molar-refractivity contribution in [1.29, 1.82) is 0 Å². The Hall–Kier alpha value is -3.52. The maximum atomic E-state index is 12.7. The van der Waals surface area contributed by atoms with E-state index >= 15 is 0 Å². The summed E-state index contributed by atoms with van der Waals surface area (Å²) in [5.74, 6) is 0.396. The highest BCUT2D eigenvalue weighted by atomic mass is 32.1. The Morgan fingerprint density at radius 3 is 2.52 bits per heavy atom. The van der Waals surface area contributed by atoms with Gasteiger partial charge in [0, 0.05) is 22.8 Å². The van der Waals surface area contributed by atoms with E-state index in [0.717, 1.165) is 16.9 Å². The Morgan fingerprint density at radius 1 is 1.12 bits per heavy atom. The standard InChI is InChI=1S/C25H25NO6S/c1-4-11-32-18-10-7-15(12-19(18)31-3)17-13-20(27)26-22-21(24(25(28)29)33-23(17)22)14-5-8-16(30-2)9-6-14/h5-10,12,17H,4,11,13H2,1-3H3,(H,26,27)(H,28,29)/t17-/m1/s1. The lowest BCUT2D eigenvalue weighted by Crippen LogP contribution is -2.22. The molecule has 0 radical (unpaired) electrons. The minimum Gasteiger partial charge on any atom is -0.497 e. The third kappa shape index (κ3) is 4.39. The molecule has 1 amide bonds. The highest BCUT2D eigenvalue weighted by Gasteiger charge is 2.34.